The molecule has 1 aromatic heterocycles. The predicted molar refractivity (Wildman–Crippen MR) is 249 cm³/mol. The van der Waals surface area contributed by atoms with Crippen LogP contribution in [-0.2, 0) is 33.6 Å². The second-order valence-electron chi connectivity index (χ2n) is 17.8. The van der Waals surface area contributed by atoms with Gasteiger partial charge in [0.25, 0.3) is 11.8 Å². The summed E-state index contributed by atoms with van der Waals surface area (Å²) >= 11 is 0. The van der Waals surface area contributed by atoms with Crippen LogP contribution in [0.5, 0.6) is 0 Å². The molecule has 0 spiro atoms. The Morgan fingerprint density at radius 2 is 1.39 bits per heavy atom. The number of hydrogen-bond donors (Lipinski definition) is 7. The molecule has 2 aromatic rings. The molecular formula is C47H69N11O9. The first kappa shape index (κ1) is 53.1. The third-order valence-electron chi connectivity index (χ3n) is 12.1. The van der Waals surface area contributed by atoms with Gasteiger partial charge in [0.15, 0.2) is 0 Å². The van der Waals surface area contributed by atoms with E-state index in [9.17, 15) is 43.2 Å². The summed E-state index contributed by atoms with van der Waals surface area (Å²) < 4.78 is 0. The maximum atomic E-state index is 13.9. The van der Waals surface area contributed by atoms with Crippen LogP contribution in [0.1, 0.15) is 108 Å². The van der Waals surface area contributed by atoms with Crippen molar-refractivity contribution in [3.8, 4) is 0 Å². The van der Waals surface area contributed by atoms with Gasteiger partial charge in [-0.05, 0) is 62.0 Å². The summed E-state index contributed by atoms with van der Waals surface area (Å²) in [4.78, 5) is 130. The van der Waals surface area contributed by atoms with Crippen molar-refractivity contribution in [3.63, 3.8) is 0 Å². The topological polar surface area (TPSA) is 270 Å². The Kier molecular flexibility index (Phi) is 21.6. The van der Waals surface area contributed by atoms with E-state index in [1.807, 2.05) is 0 Å². The number of Topliss-reactive ketones (excluding diaryl/α,β-unsaturated/α-hetero) is 1. The molecule has 0 bridgehead atoms. The number of urea groups is 1. The van der Waals surface area contributed by atoms with Gasteiger partial charge in [-0.2, -0.15) is 0 Å². The lowest BCUT2D eigenvalue weighted by molar-refractivity contribution is -0.141. The highest BCUT2D eigenvalue weighted by atomic mass is 16.2. The lowest BCUT2D eigenvalue weighted by atomic mass is 9.83. The number of ketones is 1. The number of carbonyl (C=O) groups excluding carboxylic acids is 9. The number of aromatic nitrogens is 2. The maximum Gasteiger partial charge on any atom is 0.321 e. The van der Waals surface area contributed by atoms with Crippen molar-refractivity contribution in [2.45, 2.75) is 122 Å². The quantitative estimate of drug-likeness (QED) is 0.0749. The molecule has 1 heterocycles. The molecule has 2 aliphatic carbocycles. The lowest BCUT2D eigenvalue weighted by Gasteiger charge is -2.32. The van der Waals surface area contributed by atoms with Crippen LogP contribution in [0.15, 0.2) is 48.9 Å². The van der Waals surface area contributed by atoms with E-state index in [2.05, 4.69) is 47.2 Å². The van der Waals surface area contributed by atoms with Crippen LogP contribution in [0, 0.1) is 17.8 Å². The Morgan fingerprint density at radius 1 is 0.731 bits per heavy atom. The van der Waals surface area contributed by atoms with Gasteiger partial charge in [0.05, 0.1) is 18.8 Å². The number of nitrogens with one attached hydrogen (secondary N) is 7. The van der Waals surface area contributed by atoms with Crippen LogP contribution < -0.4 is 37.2 Å². The highest BCUT2D eigenvalue weighted by molar-refractivity contribution is 6.38. The molecule has 0 aliphatic heterocycles. The molecular weight excluding hydrogens is 863 g/mol. The molecule has 2 fully saturated rings. The highest BCUT2D eigenvalue weighted by Gasteiger charge is 2.36. The SMILES string of the molecule is CCC[C@H](NC(=O)CCN(CCNC(=O)[C@@H](NC(=O)[C@@H](NC(=O)c1cnccn1)C1CCCCC1)C(C)C)C(=O)Nc1ccccc1)C(=O)C(=O)NCC(=O)N[C@H](C(=O)N(C)C)C1CCCC1. The van der Waals surface area contributed by atoms with E-state index in [1.165, 1.54) is 28.4 Å². The highest BCUT2D eigenvalue weighted by Crippen LogP contribution is 2.29. The monoisotopic (exact) mass is 932 g/mol. The van der Waals surface area contributed by atoms with Crippen LogP contribution in [0.3, 0.4) is 0 Å². The zero-order chi connectivity index (χ0) is 48.9. The van der Waals surface area contributed by atoms with Crippen molar-refractivity contribution >= 4 is 58.9 Å². The molecule has 2 aliphatic rings. The molecule has 1 aromatic carbocycles. The molecule has 4 rings (SSSR count). The Morgan fingerprint density at radius 3 is 2.00 bits per heavy atom. The van der Waals surface area contributed by atoms with E-state index in [1.54, 1.807) is 65.2 Å². The first-order chi connectivity index (χ1) is 32.1. The number of benzene rings is 1. The fourth-order valence-corrected chi connectivity index (χ4v) is 8.38. The largest absolute Gasteiger partial charge is 0.353 e. The number of nitrogens with zero attached hydrogens (tertiary/aromatic N) is 4. The summed E-state index contributed by atoms with van der Waals surface area (Å²) in [7, 11) is 3.21. The molecule has 366 valence electrons. The molecule has 0 unspecified atom stereocenters. The zero-order valence-corrected chi connectivity index (χ0v) is 39.4. The molecule has 7 N–H and O–H groups in total. The van der Waals surface area contributed by atoms with Crippen molar-refractivity contribution in [1.82, 2.24) is 51.7 Å². The van der Waals surface area contributed by atoms with E-state index in [0.29, 0.717) is 12.1 Å². The third-order valence-corrected chi connectivity index (χ3v) is 12.1. The van der Waals surface area contributed by atoms with Gasteiger partial charge in [-0.1, -0.05) is 77.5 Å². The number of rotatable bonds is 24. The number of anilines is 1. The molecule has 0 saturated heterocycles. The van der Waals surface area contributed by atoms with Crippen molar-refractivity contribution in [2.75, 3.05) is 45.6 Å². The average molecular weight is 932 g/mol. The number of hydrogen-bond acceptors (Lipinski definition) is 11. The smallest absolute Gasteiger partial charge is 0.321 e. The van der Waals surface area contributed by atoms with Gasteiger partial charge in [0, 0.05) is 58.2 Å². The average Bonchev–Trinajstić information content (AvgIpc) is 3.87. The Bertz CT molecular complexity index is 1990. The molecule has 9 amide bonds. The predicted octanol–water partition coefficient (Wildman–Crippen LogP) is 2.07. The second-order valence-corrected chi connectivity index (χ2v) is 17.8. The lowest BCUT2D eigenvalue weighted by Crippen LogP contribution is -2.58. The van der Waals surface area contributed by atoms with Crippen molar-refractivity contribution in [2.24, 2.45) is 17.8 Å². The summed E-state index contributed by atoms with van der Waals surface area (Å²) in [6, 6.07) is 4.18. The van der Waals surface area contributed by atoms with Gasteiger partial charge in [-0.3, -0.25) is 43.3 Å². The van der Waals surface area contributed by atoms with E-state index >= 15 is 0 Å². The van der Waals surface area contributed by atoms with Crippen LogP contribution in [0.25, 0.3) is 0 Å². The standard InChI is InChI=1S/C47H69N11O9/c1-6-15-34(41(61)45(65)51-29-37(60)54-40(46(66)57(4)5)32-18-13-14-19-32)53-36(59)22-26-58(47(67)52-33-20-11-8-12-21-33)27-25-50-43(63)38(30(2)3)55-44(64)39(31-16-9-7-10-17-31)56-42(62)35-28-48-23-24-49-35/h8,11-12,20-21,23-24,28,30-32,34,38-40H,6-7,9-10,13-19,22,25-27,29H2,1-5H3,(H,50,63)(H,51,65)(H,52,67)(H,53,59)(H,54,60)(H,55,64)(H,56,62)/t34-,38-,39-,40-/m0/s1. The normalized spacial score (nSPS) is 15.7. The molecule has 4 atom stereocenters. The van der Waals surface area contributed by atoms with E-state index in [0.717, 1.165) is 57.8 Å². The molecule has 67 heavy (non-hydrogen) atoms. The van der Waals surface area contributed by atoms with Crippen LogP contribution in [-0.4, -0.2) is 137 Å². The van der Waals surface area contributed by atoms with Gasteiger partial charge >= 0.3 is 6.03 Å². The van der Waals surface area contributed by atoms with Gasteiger partial charge in [0.2, 0.25) is 35.3 Å². The van der Waals surface area contributed by atoms with E-state index in [4.69, 9.17) is 0 Å². The van der Waals surface area contributed by atoms with Crippen LogP contribution >= 0.6 is 0 Å². The Balaban J connectivity index is 1.35. The number of likely N-dealkylation sites (N-methyl/N-ethyl adjacent to an activating group) is 1. The summed E-state index contributed by atoms with van der Waals surface area (Å²) in [5.41, 5.74) is 0.547. The Hall–Kier alpha value is -6.47. The number of para-hydroxylation sites is 1. The molecule has 20 nitrogen and oxygen atoms in total. The molecule has 0 radical (unpaired) electrons. The first-order valence-corrected chi connectivity index (χ1v) is 23.5. The van der Waals surface area contributed by atoms with Gasteiger partial charge in [0.1, 0.15) is 23.8 Å². The van der Waals surface area contributed by atoms with Gasteiger partial charge in [-0.15, -0.1) is 0 Å². The minimum absolute atomic E-state index is 0.0276. The summed E-state index contributed by atoms with van der Waals surface area (Å²) in [5.74, 6) is -5.63. The minimum Gasteiger partial charge on any atom is -0.353 e. The number of amides is 9. The van der Waals surface area contributed by atoms with Gasteiger partial charge < -0.3 is 47.0 Å². The second kappa shape index (κ2) is 27.2. The van der Waals surface area contributed by atoms with Crippen molar-refractivity contribution in [1.29, 1.82) is 0 Å². The Labute approximate surface area is 392 Å². The third kappa shape index (κ3) is 17.0. The fraction of sp³-hybridized carbons (Fsp3) is 0.596. The first-order valence-electron chi connectivity index (χ1n) is 23.5. The zero-order valence-electron chi connectivity index (χ0n) is 39.4. The maximum absolute atomic E-state index is 13.9. The summed E-state index contributed by atoms with van der Waals surface area (Å²) in [6.45, 7) is 4.51. The van der Waals surface area contributed by atoms with Crippen LogP contribution in [0.4, 0.5) is 10.5 Å². The van der Waals surface area contributed by atoms with Crippen molar-refractivity contribution < 1.29 is 43.2 Å². The van der Waals surface area contributed by atoms with Crippen LogP contribution in [0.2, 0.25) is 0 Å². The molecule has 2 saturated carbocycles. The van der Waals surface area contributed by atoms with E-state index < -0.39 is 78.0 Å². The summed E-state index contributed by atoms with van der Waals surface area (Å²) in [5, 5.41) is 18.9. The van der Waals surface area contributed by atoms with E-state index in [-0.39, 0.29) is 61.8 Å². The van der Waals surface area contributed by atoms with Gasteiger partial charge in [-0.25, -0.2) is 9.78 Å². The fourth-order valence-electron chi connectivity index (χ4n) is 8.38. The molecule has 20 heteroatoms. The summed E-state index contributed by atoms with van der Waals surface area (Å²) in [6.07, 6.45) is 12.2. The minimum atomic E-state index is -1.21. The van der Waals surface area contributed by atoms with Crippen molar-refractivity contribution in [3.05, 3.63) is 54.6 Å². The number of carbonyl (C=O) groups is 9.